The van der Waals surface area contributed by atoms with Gasteiger partial charge in [0.05, 0.1) is 33.7 Å². The summed E-state index contributed by atoms with van der Waals surface area (Å²) >= 11 is 0. The molecule has 0 heterocycles. The highest BCUT2D eigenvalue weighted by Gasteiger charge is 2.03. The van der Waals surface area contributed by atoms with E-state index in [1.54, 1.807) is 18.2 Å². The minimum atomic E-state index is -1.37. The molecule has 0 aliphatic heterocycles. The Morgan fingerprint density at radius 1 is 1.24 bits per heavy atom. The van der Waals surface area contributed by atoms with Crippen molar-refractivity contribution in [2.45, 2.75) is 0 Å². The van der Waals surface area contributed by atoms with E-state index in [1.807, 2.05) is 12.1 Å². The van der Waals surface area contributed by atoms with Crippen LogP contribution in [-0.4, -0.2) is 43.2 Å². The molecule has 0 aliphatic carbocycles. The van der Waals surface area contributed by atoms with E-state index in [0.717, 1.165) is 21.8 Å². The Morgan fingerprint density at radius 2 is 1.76 bits per heavy atom. The summed E-state index contributed by atoms with van der Waals surface area (Å²) < 4.78 is 0.976. The number of carboxylic acids is 1. The largest absolute Gasteiger partial charge is 0.545 e. The van der Waals surface area contributed by atoms with Gasteiger partial charge in [-0.1, -0.05) is 30.8 Å². The summed E-state index contributed by atoms with van der Waals surface area (Å²) in [4.78, 5) is 10.6. The minimum Gasteiger partial charge on any atom is -0.545 e. The summed E-state index contributed by atoms with van der Waals surface area (Å²) in [7, 11) is 6.42. The number of hydrogen-bond donors (Lipinski definition) is 1. The molecule has 0 saturated carbocycles. The first-order chi connectivity index (χ1) is 9.74. The monoisotopic (exact) mass is 287 g/mol. The number of carbonyl (C=O) groups is 1. The topological polar surface area (TPSA) is 60.4 Å². The number of fused-ring (bicyclic) bond motifs is 1. The molecule has 4 nitrogen and oxygen atoms in total. The quantitative estimate of drug-likeness (QED) is 0.691. The second kappa shape index (κ2) is 6.90. The van der Waals surface area contributed by atoms with E-state index in [-0.39, 0.29) is 11.3 Å². The molecule has 21 heavy (non-hydrogen) atoms. The van der Waals surface area contributed by atoms with Gasteiger partial charge in [-0.2, -0.15) is 0 Å². The van der Waals surface area contributed by atoms with Crippen molar-refractivity contribution in [1.82, 2.24) is 0 Å². The van der Waals surface area contributed by atoms with Gasteiger partial charge in [-0.3, -0.25) is 0 Å². The second-order valence-corrected chi connectivity index (χ2v) is 5.77. The zero-order valence-electron chi connectivity index (χ0n) is 12.7. The third-order valence-corrected chi connectivity index (χ3v) is 2.76. The molecule has 0 radical (unpaired) electrons. The summed E-state index contributed by atoms with van der Waals surface area (Å²) in [6.45, 7) is 4.67. The van der Waals surface area contributed by atoms with Crippen molar-refractivity contribution in [2.75, 3.05) is 27.7 Å². The van der Waals surface area contributed by atoms with Crippen molar-refractivity contribution in [3.8, 4) is 5.75 Å². The van der Waals surface area contributed by atoms with Crippen LogP contribution in [0.5, 0.6) is 5.75 Å². The summed E-state index contributed by atoms with van der Waals surface area (Å²) in [6, 6.07) is 10.0. The molecule has 4 heteroatoms. The van der Waals surface area contributed by atoms with Gasteiger partial charge in [-0.25, -0.2) is 0 Å². The van der Waals surface area contributed by atoms with Crippen molar-refractivity contribution in [1.29, 1.82) is 0 Å². The minimum absolute atomic E-state index is 0.177. The van der Waals surface area contributed by atoms with Crippen LogP contribution in [0.1, 0.15) is 10.4 Å². The van der Waals surface area contributed by atoms with Gasteiger partial charge >= 0.3 is 0 Å². The van der Waals surface area contributed by atoms with Gasteiger partial charge < -0.3 is 19.5 Å². The average Bonchev–Trinajstić information content (AvgIpc) is 2.37. The van der Waals surface area contributed by atoms with E-state index < -0.39 is 5.97 Å². The standard InChI is InChI=1S/C11H8O3.C6H14N/c12-10-6-8-4-2-1-3-7(8)5-9(10)11(13)14;1-5-6-7(2,3)4/h1-6,12H,(H,13,14);5H,1,6H2,2-4H3/q;+1/p-1. The van der Waals surface area contributed by atoms with Crippen LogP contribution >= 0.6 is 0 Å². The zero-order valence-corrected chi connectivity index (χ0v) is 12.7. The Morgan fingerprint density at radius 3 is 2.14 bits per heavy atom. The van der Waals surface area contributed by atoms with Crippen molar-refractivity contribution in [3.05, 3.63) is 54.6 Å². The third-order valence-electron chi connectivity index (χ3n) is 2.76. The summed E-state index contributed by atoms with van der Waals surface area (Å²) in [5.74, 6) is -1.63. The van der Waals surface area contributed by atoms with E-state index in [4.69, 9.17) is 0 Å². The van der Waals surface area contributed by atoms with E-state index in [9.17, 15) is 15.0 Å². The number of phenols is 1. The van der Waals surface area contributed by atoms with Gasteiger partial charge in [0.25, 0.3) is 0 Å². The Bertz CT molecular complexity index is 642. The fraction of sp³-hybridized carbons (Fsp3) is 0.235. The van der Waals surface area contributed by atoms with Crippen molar-refractivity contribution in [3.63, 3.8) is 0 Å². The Balaban J connectivity index is 0.000000270. The maximum atomic E-state index is 10.6. The van der Waals surface area contributed by atoms with Crippen LogP contribution in [-0.2, 0) is 0 Å². The fourth-order valence-corrected chi connectivity index (χ4v) is 1.78. The molecule has 0 aliphatic rings. The van der Waals surface area contributed by atoms with E-state index >= 15 is 0 Å². The van der Waals surface area contributed by atoms with Gasteiger partial charge in [0.15, 0.2) is 0 Å². The number of aromatic hydroxyl groups is 1. The van der Waals surface area contributed by atoms with Crippen LogP contribution in [0.25, 0.3) is 10.8 Å². The predicted molar refractivity (Wildman–Crippen MR) is 83.0 cm³/mol. The zero-order chi connectivity index (χ0) is 16.0. The molecule has 0 saturated heterocycles. The maximum Gasteiger partial charge on any atom is 0.125 e. The van der Waals surface area contributed by atoms with Gasteiger partial charge in [0, 0.05) is 5.56 Å². The molecule has 2 rings (SSSR count). The number of benzene rings is 2. The van der Waals surface area contributed by atoms with Gasteiger partial charge in [0.1, 0.15) is 5.75 Å². The van der Waals surface area contributed by atoms with Crippen molar-refractivity contribution < 1.29 is 19.5 Å². The SMILES string of the molecule is C=CC[N+](C)(C)C.O=C([O-])c1cc2ccccc2cc1O. The molecule has 2 aromatic carbocycles. The van der Waals surface area contributed by atoms with Crippen LogP contribution in [0, 0.1) is 0 Å². The molecule has 0 atom stereocenters. The number of carboxylic acid groups (broad SMARTS) is 1. The molecule has 0 fully saturated rings. The molecule has 2 aromatic rings. The Hall–Kier alpha value is -2.33. The van der Waals surface area contributed by atoms with Crippen LogP contribution in [0.3, 0.4) is 0 Å². The molecular formula is C17H21NO3. The van der Waals surface area contributed by atoms with Crippen LogP contribution < -0.4 is 5.11 Å². The second-order valence-electron chi connectivity index (χ2n) is 5.77. The highest BCUT2D eigenvalue weighted by molar-refractivity contribution is 5.96. The molecule has 0 spiro atoms. The molecule has 1 N–H and O–H groups in total. The highest BCUT2D eigenvalue weighted by Crippen LogP contribution is 2.24. The molecular weight excluding hydrogens is 266 g/mol. The number of likely N-dealkylation sites (N-methyl/N-ethyl adjacent to an activating group) is 1. The van der Waals surface area contributed by atoms with Crippen molar-refractivity contribution in [2.24, 2.45) is 0 Å². The number of quaternary nitrogens is 1. The molecule has 0 amide bonds. The Labute approximate surface area is 125 Å². The number of hydrogen-bond acceptors (Lipinski definition) is 3. The van der Waals surface area contributed by atoms with Gasteiger partial charge in [-0.05, 0) is 29.0 Å². The fourth-order valence-electron chi connectivity index (χ4n) is 1.78. The molecule has 0 bridgehead atoms. The maximum absolute atomic E-state index is 10.6. The summed E-state index contributed by atoms with van der Waals surface area (Å²) in [6.07, 6.45) is 1.93. The first kappa shape index (κ1) is 16.7. The van der Waals surface area contributed by atoms with Crippen LogP contribution in [0.4, 0.5) is 0 Å². The summed E-state index contributed by atoms with van der Waals surface area (Å²) in [5.41, 5.74) is -0.177. The first-order valence-corrected chi connectivity index (χ1v) is 6.59. The lowest BCUT2D eigenvalue weighted by Crippen LogP contribution is -2.33. The van der Waals surface area contributed by atoms with E-state index in [2.05, 4.69) is 27.7 Å². The number of nitrogens with zero attached hydrogens (tertiary/aromatic N) is 1. The lowest BCUT2D eigenvalue weighted by molar-refractivity contribution is -0.864. The number of rotatable bonds is 3. The molecule has 112 valence electrons. The summed E-state index contributed by atoms with van der Waals surface area (Å²) in [5, 5.41) is 21.5. The number of carbonyl (C=O) groups excluding carboxylic acids is 1. The van der Waals surface area contributed by atoms with Gasteiger partial charge in [0.2, 0.25) is 0 Å². The first-order valence-electron chi connectivity index (χ1n) is 6.59. The predicted octanol–water partition coefficient (Wildman–Crippen LogP) is 1.79. The van der Waals surface area contributed by atoms with Crippen LogP contribution in [0.15, 0.2) is 49.1 Å². The lowest BCUT2D eigenvalue weighted by atomic mass is 10.1. The smallest absolute Gasteiger partial charge is 0.125 e. The molecule has 0 aromatic heterocycles. The van der Waals surface area contributed by atoms with E-state index in [1.165, 1.54) is 12.1 Å². The average molecular weight is 287 g/mol. The third kappa shape index (κ3) is 5.28. The van der Waals surface area contributed by atoms with E-state index in [0.29, 0.717) is 0 Å². The molecule has 0 unspecified atom stereocenters. The van der Waals surface area contributed by atoms with Crippen molar-refractivity contribution >= 4 is 16.7 Å². The number of aromatic carboxylic acids is 1. The Kier molecular flexibility index (Phi) is 5.50. The van der Waals surface area contributed by atoms with Gasteiger partial charge in [-0.15, -0.1) is 0 Å². The lowest BCUT2D eigenvalue weighted by Gasteiger charge is -2.21. The van der Waals surface area contributed by atoms with Crippen LogP contribution in [0.2, 0.25) is 0 Å². The highest BCUT2D eigenvalue weighted by atomic mass is 16.4. The normalized spacial score (nSPS) is 10.6.